The summed E-state index contributed by atoms with van der Waals surface area (Å²) in [5, 5.41) is 11.6. The molecule has 24 heavy (non-hydrogen) atoms. The van der Waals surface area contributed by atoms with Gasteiger partial charge in [0, 0.05) is 13.2 Å². The molecule has 0 radical (unpaired) electrons. The van der Waals surface area contributed by atoms with Gasteiger partial charge in [-0.3, -0.25) is 14.2 Å². The Morgan fingerprint density at radius 2 is 1.88 bits per heavy atom. The minimum atomic E-state index is -0.225. The molecule has 0 saturated carbocycles. The fourth-order valence-corrected chi connectivity index (χ4v) is 2.69. The third-order valence-electron chi connectivity index (χ3n) is 4.15. The first-order chi connectivity index (χ1) is 11.5. The van der Waals surface area contributed by atoms with Crippen LogP contribution in [-0.4, -0.2) is 25.5 Å². The summed E-state index contributed by atoms with van der Waals surface area (Å²) in [7, 11) is 1.79. The van der Waals surface area contributed by atoms with Gasteiger partial charge in [-0.05, 0) is 38.0 Å². The van der Waals surface area contributed by atoms with E-state index in [1.165, 1.54) is 11.1 Å². The Balaban J connectivity index is 1.84. The van der Waals surface area contributed by atoms with Gasteiger partial charge >= 0.3 is 0 Å². The van der Waals surface area contributed by atoms with Crippen molar-refractivity contribution in [3.05, 3.63) is 64.7 Å². The first-order valence-electron chi connectivity index (χ1n) is 7.85. The Morgan fingerprint density at radius 3 is 2.54 bits per heavy atom. The molecule has 0 aliphatic carbocycles. The van der Waals surface area contributed by atoms with Crippen LogP contribution >= 0.6 is 0 Å². The zero-order chi connectivity index (χ0) is 17.3. The van der Waals surface area contributed by atoms with Gasteiger partial charge < -0.3 is 5.32 Å². The lowest BCUT2D eigenvalue weighted by Crippen LogP contribution is -2.14. The van der Waals surface area contributed by atoms with Crippen LogP contribution in [0.25, 0.3) is 0 Å². The Hall–Kier alpha value is -2.89. The van der Waals surface area contributed by atoms with Crippen LogP contribution in [0.1, 0.15) is 33.0 Å². The molecule has 0 fully saturated rings. The first kappa shape index (κ1) is 16.0. The van der Waals surface area contributed by atoms with Crippen molar-refractivity contribution in [1.29, 1.82) is 0 Å². The second-order valence-electron chi connectivity index (χ2n) is 5.96. The molecule has 6 heteroatoms. The van der Waals surface area contributed by atoms with Crippen molar-refractivity contribution < 1.29 is 4.79 Å². The summed E-state index contributed by atoms with van der Waals surface area (Å²) in [6, 6.07) is 9.93. The summed E-state index contributed by atoms with van der Waals surface area (Å²) < 4.78 is 3.53. The number of carbonyl (C=O) groups is 1. The first-order valence-corrected chi connectivity index (χ1v) is 7.85. The van der Waals surface area contributed by atoms with E-state index in [4.69, 9.17) is 0 Å². The van der Waals surface area contributed by atoms with E-state index >= 15 is 0 Å². The number of hydrogen-bond acceptors (Lipinski definition) is 3. The summed E-state index contributed by atoms with van der Waals surface area (Å²) in [4.78, 5) is 12.3. The minimum Gasteiger partial charge on any atom is -0.317 e. The van der Waals surface area contributed by atoms with Gasteiger partial charge in [0.25, 0.3) is 5.91 Å². The normalized spacial score (nSPS) is 10.8. The minimum absolute atomic E-state index is 0.225. The van der Waals surface area contributed by atoms with Gasteiger partial charge in [-0.2, -0.15) is 10.2 Å². The predicted molar refractivity (Wildman–Crippen MR) is 93.1 cm³/mol. The summed E-state index contributed by atoms with van der Waals surface area (Å²) >= 11 is 0. The van der Waals surface area contributed by atoms with E-state index in [1.54, 1.807) is 24.0 Å². The fourth-order valence-electron chi connectivity index (χ4n) is 2.69. The molecule has 3 aromatic rings. The molecule has 3 rings (SSSR count). The number of benzene rings is 1. The number of rotatable bonds is 4. The van der Waals surface area contributed by atoms with Gasteiger partial charge in [0.1, 0.15) is 0 Å². The number of nitrogens with zero attached hydrogens (tertiary/aromatic N) is 4. The topological polar surface area (TPSA) is 64.7 Å². The van der Waals surface area contributed by atoms with Crippen molar-refractivity contribution in [1.82, 2.24) is 19.6 Å². The molecule has 124 valence electrons. The maximum absolute atomic E-state index is 12.3. The van der Waals surface area contributed by atoms with Crippen LogP contribution in [0, 0.1) is 20.8 Å². The number of nitrogens with one attached hydrogen (secondary N) is 1. The molecular weight excluding hydrogens is 302 g/mol. The average Bonchev–Trinajstić information content (AvgIpc) is 3.09. The molecule has 0 atom stereocenters. The Kier molecular flexibility index (Phi) is 4.20. The predicted octanol–water partition coefficient (Wildman–Crippen LogP) is 2.84. The van der Waals surface area contributed by atoms with Crippen LogP contribution in [0.2, 0.25) is 0 Å². The highest BCUT2D eigenvalue weighted by Crippen LogP contribution is 2.21. The van der Waals surface area contributed by atoms with Gasteiger partial charge in [0.15, 0.2) is 5.69 Å². The molecule has 0 unspecified atom stereocenters. The second-order valence-corrected chi connectivity index (χ2v) is 5.96. The van der Waals surface area contributed by atoms with Gasteiger partial charge in [-0.25, -0.2) is 0 Å². The second kappa shape index (κ2) is 6.31. The van der Waals surface area contributed by atoms with E-state index in [2.05, 4.69) is 34.6 Å². The zero-order valence-corrected chi connectivity index (χ0v) is 14.4. The van der Waals surface area contributed by atoms with Crippen molar-refractivity contribution in [3.8, 4) is 0 Å². The van der Waals surface area contributed by atoms with Gasteiger partial charge in [0.05, 0.1) is 23.6 Å². The van der Waals surface area contributed by atoms with Crippen LogP contribution in [0.5, 0.6) is 0 Å². The van der Waals surface area contributed by atoms with Crippen LogP contribution in [0.4, 0.5) is 5.69 Å². The largest absolute Gasteiger partial charge is 0.317 e. The van der Waals surface area contributed by atoms with Crippen molar-refractivity contribution in [2.45, 2.75) is 27.3 Å². The average molecular weight is 323 g/mol. The number of anilines is 1. The van der Waals surface area contributed by atoms with Crippen LogP contribution in [-0.2, 0) is 13.6 Å². The summed E-state index contributed by atoms with van der Waals surface area (Å²) in [5.41, 5.74) is 5.31. The smallest absolute Gasteiger partial charge is 0.276 e. The van der Waals surface area contributed by atoms with Gasteiger partial charge in [0.2, 0.25) is 0 Å². The number of aromatic nitrogens is 4. The molecule has 1 amide bonds. The van der Waals surface area contributed by atoms with Gasteiger partial charge in [-0.1, -0.05) is 24.3 Å². The standard InChI is InChI=1S/C18H21N5O/c1-12-7-5-6-8-15(12)11-23-14(3)17(13(2)20-23)19-18(24)16-9-10-22(4)21-16/h5-10H,11H2,1-4H3,(H,19,24). The Morgan fingerprint density at radius 1 is 1.12 bits per heavy atom. The fraction of sp³-hybridized carbons (Fsp3) is 0.278. The van der Waals surface area contributed by atoms with Crippen molar-refractivity contribution >= 4 is 11.6 Å². The quantitative estimate of drug-likeness (QED) is 0.803. The third-order valence-corrected chi connectivity index (χ3v) is 4.15. The highest BCUT2D eigenvalue weighted by atomic mass is 16.2. The van der Waals surface area contributed by atoms with E-state index in [0.717, 1.165) is 17.1 Å². The molecule has 1 N–H and O–H groups in total. The maximum Gasteiger partial charge on any atom is 0.276 e. The van der Waals surface area contributed by atoms with E-state index in [1.807, 2.05) is 30.7 Å². The molecular formula is C18H21N5O. The van der Waals surface area contributed by atoms with Gasteiger partial charge in [-0.15, -0.1) is 0 Å². The molecule has 0 aliphatic rings. The van der Waals surface area contributed by atoms with Crippen LogP contribution in [0.15, 0.2) is 36.5 Å². The summed E-state index contributed by atoms with van der Waals surface area (Å²) in [6.07, 6.45) is 1.75. The van der Waals surface area contributed by atoms with E-state index in [0.29, 0.717) is 12.2 Å². The van der Waals surface area contributed by atoms with Crippen molar-refractivity contribution in [2.75, 3.05) is 5.32 Å². The molecule has 0 aliphatic heterocycles. The zero-order valence-electron chi connectivity index (χ0n) is 14.4. The van der Waals surface area contributed by atoms with Crippen LogP contribution in [0.3, 0.4) is 0 Å². The van der Waals surface area contributed by atoms with E-state index in [9.17, 15) is 4.79 Å². The summed E-state index contributed by atoms with van der Waals surface area (Å²) in [6.45, 7) is 6.63. The Bertz CT molecular complexity index is 891. The molecule has 0 bridgehead atoms. The monoisotopic (exact) mass is 323 g/mol. The Labute approximate surface area is 141 Å². The number of amides is 1. The van der Waals surface area contributed by atoms with Crippen LogP contribution < -0.4 is 5.32 Å². The lowest BCUT2D eigenvalue weighted by molar-refractivity contribution is 0.102. The number of aryl methyl sites for hydroxylation is 3. The number of carbonyl (C=O) groups excluding carboxylic acids is 1. The van der Waals surface area contributed by atoms with Crippen molar-refractivity contribution in [2.24, 2.45) is 7.05 Å². The molecule has 2 heterocycles. The highest BCUT2D eigenvalue weighted by Gasteiger charge is 2.17. The SMILES string of the molecule is Cc1ccccc1Cn1nc(C)c(NC(=O)c2ccn(C)n2)c1C. The lowest BCUT2D eigenvalue weighted by atomic mass is 10.1. The molecule has 6 nitrogen and oxygen atoms in total. The molecule has 1 aromatic carbocycles. The molecule has 2 aromatic heterocycles. The molecule has 0 saturated heterocycles. The van der Waals surface area contributed by atoms with E-state index < -0.39 is 0 Å². The highest BCUT2D eigenvalue weighted by molar-refractivity contribution is 6.03. The van der Waals surface area contributed by atoms with E-state index in [-0.39, 0.29) is 5.91 Å². The third kappa shape index (κ3) is 3.08. The maximum atomic E-state index is 12.3. The lowest BCUT2D eigenvalue weighted by Gasteiger charge is -2.08. The number of hydrogen-bond donors (Lipinski definition) is 1. The molecule has 0 spiro atoms. The summed E-state index contributed by atoms with van der Waals surface area (Å²) in [5.74, 6) is -0.225. The van der Waals surface area contributed by atoms with Crippen molar-refractivity contribution in [3.63, 3.8) is 0 Å².